The Kier molecular flexibility index (Phi) is 4.63. The van der Waals surface area contributed by atoms with E-state index in [0.29, 0.717) is 24.7 Å². The van der Waals surface area contributed by atoms with Gasteiger partial charge in [0.15, 0.2) is 0 Å². The number of hydrogen-bond donors (Lipinski definition) is 2. The average Bonchev–Trinajstić information content (AvgIpc) is 2.72. The fraction of sp³-hybridized carbons (Fsp3) is 0.533. The molecule has 1 atom stereocenters. The first-order chi connectivity index (χ1) is 10.2. The predicted octanol–water partition coefficient (Wildman–Crippen LogP) is 1.74. The van der Waals surface area contributed by atoms with Gasteiger partial charge in [0.25, 0.3) is 0 Å². The van der Waals surface area contributed by atoms with E-state index >= 15 is 0 Å². The van der Waals surface area contributed by atoms with Gasteiger partial charge in [0, 0.05) is 37.8 Å². The fourth-order valence-electron chi connectivity index (χ4n) is 2.72. The zero-order valence-electron chi connectivity index (χ0n) is 11.9. The lowest BCUT2D eigenvalue weighted by Crippen LogP contribution is -2.43. The quantitative estimate of drug-likeness (QED) is 0.875. The number of hydrogen-bond acceptors (Lipinski definition) is 3. The average molecular weight is 310 g/mol. The second-order valence-corrected chi connectivity index (χ2v) is 5.94. The molecule has 1 unspecified atom stereocenters. The van der Waals surface area contributed by atoms with E-state index in [0.717, 1.165) is 31.7 Å². The van der Waals surface area contributed by atoms with Crippen LogP contribution in [0.4, 0.5) is 4.79 Å². The van der Waals surface area contributed by atoms with Crippen molar-refractivity contribution in [1.82, 2.24) is 15.5 Å². The molecule has 21 heavy (non-hydrogen) atoms. The number of urea groups is 1. The molecule has 1 aromatic carbocycles. The van der Waals surface area contributed by atoms with E-state index in [-0.39, 0.29) is 12.1 Å². The van der Waals surface area contributed by atoms with Crippen molar-refractivity contribution >= 4 is 17.6 Å². The second-order valence-electron chi connectivity index (χ2n) is 5.51. The lowest BCUT2D eigenvalue weighted by Gasteiger charge is -2.20. The van der Waals surface area contributed by atoms with Crippen LogP contribution in [0.3, 0.4) is 0 Å². The third-order valence-corrected chi connectivity index (χ3v) is 4.12. The van der Waals surface area contributed by atoms with Crippen molar-refractivity contribution < 1.29 is 9.53 Å². The molecule has 2 amide bonds. The Hall–Kier alpha value is -1.30. The molecule has 6 heteroatoms. The zero-order chi connectivity index (χ0) is 14.7. The SMILES string of the molecule is O=C(NCC1CNCCCO1)N1Cc2ccc(Cl)cc2C1. The van der Waals surface area contributed by atoms with E-state index in [1.807, 2.05) is 18.2 Å². The first kappa shape index (κ1) is 14.6. The highest BCUT2D eigenvalue weighted by atomic mass is 35.5. The molecular weight excluding hydrogens is 290 g/mol. The highest BCUT2D eigenvalue weighted by Crippen LogP contribution is 2.25. The van der Waals surface area contributed by atoms with Crippen LogP contribution in [0.15, 0.2) is 18.2 Å². The van der Waals surface area contributed by atoms with Crippen LogP contribution in [0.1, 0.15) is 17.5 Å². The molecule has 2 aliphatic rings. The number of carbonyl (C=O) groups excluding carboxylic acids is 1. The van der Waals surface area contributed by atoms with E-state index in [2.05, 4.69) is 10.6 Å². The number of ether oxygens (including phenoxy) is 1. The van der Waals surface area contributed by atoms with Crippen molar-refractivity contribution in [2.75, 3.05) is 26.2 Å². The van der Waals surface area contributed by atoms with Crippen LogP contribution in [0, 0.1) is 0 Å². The van der Waals surface area contributed by atoms with Crippen molar-refractivity contribution in [3.8, 4) is 0 Å². The minimum absolute atomic E-state index is 0.0461. The van der Waals surface area contributed by atoms with Crippen LogP contribution in [-0.4, -0.2) is 43.3 Å². The molecule has 0 aliphatic carbocycles. The fourth-order valence-corrected chi connectivity index (χ4v) is 2.91. The summed E-state index contributed by atoms with van der Waals surface area (Å²) in [5, 5.41) is 6.98. The summed E-state index contributed by atoms with van der Waals surface area (Å²) >= 11 is 5.99. The zero-order valence-corrected chi connectivity index (χ0v) is 12.7. The summed E-state index contributed by atoms with van der Waals surface area (Å²) in [6.45, 7) is 4.32. The Morgan fingerprint density at radius 1 is 1.43 bits per heavy atom. The lowest BCUT2D eigenvalue weighted by atomic mass is 10.1. The maximum Gasteiger partial charge on any atom is 0.318 e. The number of rotatable bonds is 2. The van der Waals surface area contributed by atoms with Gasteiger partial charge in [-0.2, -0.15) is 0 Å². The summed E-state index contributed by atoms with van der Waals surface area (Å²) in [6.07, 6.45) is 1.07. The second kappa shape index (κ2) is 6.64. The Morgan fingerprint density at radius 3 is 3.19 bits per heavy atom. The van der Waals surface area contributed by atoms with E-state index in [9.17, 15) is 4.79 Å². The molecule has 1 saturated heterocycles. The number of amides is 2. The van der Waals surface area contributed by atoms with Crippen molar-refractivity contribution in [1.29, 1.82) is 0 Å². The first-order valence-corrected chi connectivity index (χ1v) is 7.72. The van der Waals surface area contributed by atoms with Gasteiger partial charge in [-0.3, -0.25) is 0 Å². The number of carbonyl (C=O) groups is 1. The normalized spacial score (nSPS) is 21.8. The minimum Gasteiger partial charge on any atom is -0.375 e. The number of nitrogens with zero attached hydrogens (tertiary/aromatic N) is 1. The van der Waals surface area contributed by atoms with E-state index in [1.165, 1.54) is 5.56 Å². The van der Waals surface area contributed by atoms with Gasteiger partial charge in [-0.05, 0) is 36.2 Å². The summed E-state index contributed by atoms with van der Waals surface area (Å²) < 4.78 is 5.68. The molecule has 2 N–H and O–H groups in total. The van der Waals surface area contributed by atoms with Gasteiger partial charge in [0.2, 0.25) is 0 Å². The standard InChI is InChI=1S/C15H20ClN3O2/c16-13-3-2-11-9-19(10-12(11)6-13)15(20)18-8-14-7-17-4-1-5-21-14/h2-3,6,14,17H,1,4-5,7-10H2,(H,18,20). The van der Waals surface area contributed by atoms with Crippen molar-refractivity contribution in [2.45, 2.75) is 25.6 Å². The van der Waals surface area contributed by atoms with Gasteiger partial charge in [0.05, 0.1) is 6.10 Å². The monoisotopic (exact) mass is 309 g/mol. The number of halogens is 1. The van der Waals surface area contributed by atoms with Crippen LogP contribution in [-0.2, 0) is 17.8 Å². The van der Waals surface area contributed by atoms with Gasteiger partial charge < -0.3 is 20.3 Å². The molecule has 1 aromatic rings. The number of fused-ring (bicyclic) bond motifs is 1. The Balaban J connectivity index is 1.50. The molecule has 114 valence electrons. The van der Waals surface area contributed by atoms with E-state index in [1.54, 1.807) is 4.90 Å². The number of benzene rings is 1. The smallest absolute Gasteiger partial charge is 0.318 e. The first-order valence-electron chi connectivity index (χ1n) is 7.35. The van der Waals surface area contributed by atoms with Gasteiger partial charge in [-0.15, -0.1) is 0 Å². The molecule has 2 heterocycles. The number of nitrogens with one attached hydrogen (secondary N) is 2. The summed E-state index contributed by atoms with van der Waals surface area (Å²) in [5.41, 5.74) is 2.30. The molecule has 0 saturated carbocycles. The van der Waals surface area contributed by atoms with E-state index in [4.69, 9.17) is 16.3 Å². The highest BCUT2D eigenvalue weighted by Gasteiger charge is 2.24. The van der Waals surface area contributed by atoms with Crippen LogP contribution in [0.5, 0.6) is 0 Å². The lowest BCUT2D eigenvalue weighted by molar-refractivity contribution is 0.0672. The molecule has 0 aromatic heterocycles. The molecule has 0 bridgehead atoms. The van der Waals surface area contributed by atoms with E-state index < -0.39 is 0 Å². The molecule has 0 radical (unpaired) electrons. The summed E-state index contributed by atoms with van der Waals surface area (Å²) in [7, 11) is 0. The van der Waals surface area contributed by atoms with Crippen LogP contribution < -0.4 is 10.6 Å². The minimum atomic E-state index is -0.0461. The summed E-state index contributed by atoms with van der Waals surface area (Å²) in [5.74, 6) is 0. The van der Waals surface area contributed by atoms with Crippen molar-refractivity contribution in [2.24, 2.45) is 0 Å². The maximum absolute atomic E-state index is 12.2. The topological polar surface area (TPSA) is 53.6 Å². The Morgan fingerprint density at radius 2 is 2.29 bits per heavy atom. The highest BCUT2D eigenvalue weighted by molar-refractivity contribution is 6.30. The molecule has 5 nitrogen and oxygen atoms in total. The molecular formula is C15H20ClN3O2. The van der Waals surface area contributed by atoms with Crippen LogP contribution in [0.25, 0.3) is 0 Å². The molecule has 1 fully saturated rings. The van der Waals surface area contributed by atoms with Crippen molar-refractivity contribution in [3.05, 3.63) is 34.3 Å². The van der Waals surface area contributed by atoms with Gasteiger partial charge in [0.1, 0.15) is 0 Å². The third kappa shape index (κ3) is 3.67. The Bertz CT molecular complexity index is 516. The van der Waals surface area contributed by atoms with Gasteiger partial charge in [-0.25, -0.2) is 4.79 Å². The van der Waals surface area contributed by atoms with Crippen molar-refractivity contribution in [3.63, 3.8) is 0 Å². The maximum atomic E-state index is 12.2. The van der Waals surface area contributed by atoms with Crippen LogP contribution >= 0.6 is 11.6 Å². The molecule has 2 aliphatic heterocycles. The predicted molar refractivity (Wildman–Crippen MR) is 81.3 cm³/mol. The summed E-state index contributed by atoms with van der Waals surface area (Å²) in [4.78, 5) is 14.0. The van der Waals surface area contributed by atoms with Gasteiger partial charge >= 0.3 is 6.03 Å². The molecule has 0 spiro atoms. The summed E-state index contributed by atoms with van der Waals surface area (Å²) in [6, 6.07) is 5.74. The Labute approximate surface area is 129 Å². The van der Waals surface area contributed by atoms with Crippen LogP contribution in [0.2, 0.25) is 5.02 Å². The third-order valence-electron chi connectivity index (χ3n) is 3.88. The van der Waals surface area contributed by atoms with Gasteiger partial charge in [-0.1, -0.05) is 17.7 Å². The molecule has 3 rings (SSSR count). The largest absolute Gasteiger partial charge is 0.375 e.